The summed E-state index contributed by atoms with van der Waals surface area (Å²) >= 11 is 0. The van der Waals surface area contributed by atoms with Gasteiger partial charge < -0.3 is 9.30 Å². The predicted molar refractivity (Wildman–Crippen MR) is 76.8 cm³/mol. The average molecular weight is 257 g/mol. The molecule has 2 rings (SSSR count). The van der Waals surface area contributed by atoms with Crippen molar-refractivity contribution in [1.29, 1.82) is 0 Å². The predicted octanol–water partition coefficient (Wildman–Crippen LogP) is 2.80. The normalized spacial score (nSPS) is 10.4. The summed E-state index contributed by atoms with van der Waals surface area (Å²) in [5.74, 6) is 0.916. The van der Waals surface area contributed by atoms with Crippen LogP contribution in [0.4, 0.5) is 0 Å². The minimum absolute atomic E-state index is 0.0996. The lowest BCUT2D eigenvalue weighted by Gasteiger charge is -2.09. The van der Waals surface area contributed by atoms with E-state index < -0.39 is 0 Å². The first kappa shape index (κ1) is 13.4. The lowest BCUT2D eigenvalue weighted by atomic mass is 10.1. The molecule has 0 saturated carbocycles. The van der Waals surface area contributed by atoms with Crippen molar-refractivity contribution in [3.8, 4) is 5.75 Å². The van der Waals surface area contributed by atoms with E-state index in [1.54, 1.807) is 11.7 Å². The van der Waals surface area contributed by atoms with E-state index in [4.69, 9.17) is 4.74 Å². The number of ether oxygens (including phenoxy) is 1. The smallest absolute Gasteiger partial charge is 0.253 e. The molecular weight excluding hydrogens is 238 g/mol. The van der Waals surface area contributed by atoms with Gasteiger partial charge in [0.05, 0.1) is 7.11 Å². The quantitative estimate of drug-likeness (QED) is 0.824. The minimum atomic E-state index is 0.0996. The Bertz CT molecular complexity index is 602. The molecule has 100 valence electrons. The Morgan fingerprint density at radius 3 is 2.74 bits per heavy atom. The molecule has 0 saturated heterocycles. The van der Waals surface area contributed by atoms with Crippen molar-refractivity contribution in [3.05, 3.63) is 64.1 Å². The third kappa shape index (κ3) is 3.25. The van der Waals surface area contributed by atoms with Crippen LogP contribution in [0.2, 0.25) is 0 Å². The van der Waals surface area contributed by atoms with Crippen LogP contribution in [-0.2, 0) is 13.0 Å². The molecule has 2 aromatic rings. The molecule has 0 bridgehead atoms. The summed E-state index contributed by atoms with van der Waals surface area (Å²) in [5.41, 5.74) is 2.08. The number of benzene rings is 1. The summed E-state index contributed by atoms with van der Waals surface area (Å²) in [6.45, 7) is 2.58. The average Bonchev–Trinajstić information content (AvgIpc) is 2.44. The van der Waals surface area contributed by atoms with Crippen molar-refractivity contribution >= 4 is 0 Å². The highest BCUT2D eigenvalue weighted by molar-refractivity contribution is 5.33. The van der Waals surface area contributed by atoms with Crippen LogP contribution in [0.1, 0.15) is 17.5 Å². The molecular formula is C16H19NO2. The standard InChI is InChI=1S/C16H19NO2/c1-13-7-5-11-17(16(13)18)12-6-9-14-8-3-4-10-15(14)19-2/h3-5,7-8,10-11H,6,9,12H2,1-2H3. The summed E-state index contributed by atoms with van der Waals surface area (Å²) < 4.78 is 7.09. The molecule has 0 fully saturated rings. The maximum absolute atomic E-state index is 11.9. The zero-order valence-corrected chi connectivity index (χ0v) is 11.4. The monoisotopic (exact) mass is 257 g/mol. The van der Waals surface area contributed by atoms with Crippen LogP contribution in [0, 0.1) is 6.92 Å². The van der Waals surface area contributed by atoms with Crippen molar-refractivity contribution in [2.45, 2.75) is 26.3 Å². The number of aryl methyl sites for hydroxylation is 3. The third-order valence-corrected chi connectivity index (χ3v) is 3.25. The van der Waals surface area contributed by atoms with Gasteiger partial charge in [-0.25, -0.2) is 0 Å². The molecule has 0 aliphatic heterocycles. The van der Waals surface area contributed by atoms with Crippen LogP contribution >= 0.6 is 0 Å². The van der Waals surface area contributed by atoms with Crippen molar-refractivity contribution in [2.75, 3.05) is 7.11 Å². The van der Waals surface area contributed by atoms with Crippen molar-refractivity contribution < 1.29 is 4.74 Å². The van der Waals surface area contributed by atoms with Gasteiger partial charge in [0.15, 0.2) is 0 Å². The molecule has 3 nitrogen and oxygen atoms in total. The first-order valence-electron chi connectivity index (χ1n) is 6.50. The Hall–Kier alpha value is -2.03. The highest BCUT2D eigenvalue weighted by Gasteiger charge is 2.02. The second kappa shape index (κ2) is 6.23. The van der Waals surface area contributed by atoms with Crippen LogP contribution < -0.4 is 10.3 Å². The zero-order valence-electron chi connectivity index (χ0n) is 11.4. The Labute approximate surface area is 113 Å². The summed E-state index contributed by atoms with van der Waals surface area (Å²) in [7, 11) is 1.68. The molecule has 0 atom stereocenters. The Balaban J connectivity index is 2.00. The Kier molecular flexibility index (Phi) is 4.39. The number of aromatic nitrogens is 1. The number of hydrogen-bond acceptors (Lipinski definition) is 2. The van der Waals surface area contributed by atoms with Gasteiger partial charge in [-0.1, -0.05) is 24.3 Å². The van der Waals surface area contributed by atoms with Gasteiger partial charge in [-0.2, -0.15) is 0 Å². The van der Waals surface area contributed by atoms with E-state index in [1.165, 1.54) is 5.56 Å². The number of para-hydroxylation sites is 1. The molecule has 0 aliphatic rings. The van der Waals surface area contributed by atoms with E-state index in [2.05, 4.69) is 6.07 Å². The fourth-order valence-electron chi connectivity index (χ4n) is 2.18. The molecule has 19 heavy (non-hydrogen) atoms. The maximum Gasteiger partial charge on any atom is 0.253 e. The van der Waals surface area contributed by atoms with Gasteiger partial charge in [-0.3, -0.25) is 4.79 Å². The first-order valence-corrected chi connectivity index (χ1v) is 6.50. The van der Waals surface area contributed by atoms with Crippen LogP contribution in [0.25, 0.3) is 0 Å². The van der Waals surface area contributed by atoms with Crippen LogP contribution in [0.5, 0.6) is 5.75 Å². The minimum Gasteiger partial charge on any atom is -0.496 e. The summed E-state index contributed by atoms with van der Waals surface area (Å²) in [6, 6.07) is 11.8. The number of hydrogen-bond donors (Lipinski definition) is 0. The Morgan fingerprint density at radius 1 is 1.16 bits per heavy atom. The molecule has 0 spiro atoms. The number of rotatable bonds is 5. The topological polar surface area (TPSA) is 31.2 Å². The van der Waals surface area contributed by atoms with E-state index in [0.29, 0.717) is 0 Å². The SMILES string of the molecule is COc1ccccc1CCCn1cccc(C)c1=O. The number of methoxy groups -OCH3 is 1. The van der Waals surface area contributed by atoms with E-state index in [0.717, 1.165) is 30.7 Å². The molecule has 0 unspecified atom stereocenters. The first-order chi connectivity index (χ1) is 9.22. The molecule has 3 heteroatoms. The van der Waals surface area contributed by atoms with Gasteiger partial charge in [0.25, 0.3) is 5.56 Å². The van der Waals surface area contributed by atoms with Crippen LogP contribution in [0.15, 0.2) is 47.4 Å². The molecule has 0 N–H and O–H groups in total. The van der Waals surface area contributed by atoms with E-state index in [9.17, 15) is 4.79 Å². The molecule has 1 aromatic carbocycles. The van der Waals surface area contributed by atoms with Crippen molar-refractivity contribution in [3.63, 3.8) is 0 Å². The van der Waals surface area contributed by atoms with E-state index in [-0.39, 0.29) is 5.56 Å². The lowest BCUT2D eigenvalue weighted by Crippen LogP contribution is -2.21. The third-order valence-electron chi connectivity index (χ3n) is 3.25. The molecule has 0 aliphatic carbocycles. The van der Waals surface area contributed by atoms with Gasteiger partial charge in [-0.05, 0) is 37.5 Å². The van der Waals surface area contributed by atoms with E-state index in [1.807, 2.05) is 43.5 Å². The lowest BCUT2D eigenvalue weighted by molar-refractivity contribution is 0.408. The molecule has 0 radical (unpaired) electrons. The largest absolute Gasteiger partial charge is 0.496 e. The van der Waals surface area contributed by atoms with Crippen molar-refractivity contribution in [2.24, 2.45) is 0 Å². The molecule has 1 heterocycles. The fraction of sp³-hybridized carbons (Fsp3) is 0.312. The van der Waals surface area contributed by atoms with Gasteiger partial charge in [0, 0.05) is 18.3 Å². The van der Waals surface area contributed by atoms with Gasteiger partial charge >= 0.3 is 0 Å². The van der Waals surface area contributed by atoms with Gasteiger partial charge in [-0.15, -0.1) is 0 Å². The summed E-state index contributed by atoms with van der Waals surface area (Å²) in [4.78, 5) is 11.9. The number of pyridine rings is 1. The highest BCUT2D eigenvalue weighted by Crippen LogP contribution is 2.18. The zero-order chi connectivity index (χ0) is 13.7. The second-order valence-electron chi connectivity index (χ2n) is 4.61. The molecule has 1 aromatic heterocycles. The van der Waals surface area contributed by atoms with Crippen LogP contribution in [-0.4, -0.2) is 11.7 Å². The van der Waals surface area contributed by atoms with Crippen LogP contribution in [0.3, 0.4) is 0 Å². The Morgan fingerprint density at radius 2 is 1.95 bits per heavy atom. The highest BCUT2D eigenvalue weighted by atomic mass is 16.5. The van der Waals surface area contributed by atoms with Gasteiger partial charge in [0.2, 0.25) is 0 Å². The van der Waals surface area contributed by atoms with Crippen molar-refractivity contribution in [1.82, 2.24) is 4.57 Å². The fourth-order valence-corrected chi connectivity index (χ4v) is 2.18. The number of nitrogens with zero attached hydrogens (tertiary/aromatic N) is 1. The van der Waals surface area contributed by atoms with Gasteiger partial charge in [0.1, 0.15) is 5.75 Å². The summed E-state index contributed by atoms with van der Waals surface area (Å²) in [5, 5.41) is 0. The summed E-state index contributed by atoms with van der Waals surface area (Å²) in [6.07, 6.45) is 3.67. The molecule has 0 amide bonds. The second-order valence-corrected chi connectivity index (χ2v) is 4.61. The van der Waals surface area contributed by atoms with E-state index >= 15 is 0 Å². The maximum atomic E-state index is 11.9.